The minimum Gasteiger partial charge on any atom is -0.396 e. The maximum Gasteiger partial charge on any atom is 0.0456 e. The summed E-state index contributed by atoms with van der Waals surface area (Å²) in [6.07, 6.45) is 5.86. The molecule has 1 aromatic heterocycles. The second-order valence-electron chi connectivity index (χ2n) is 4.39. The molecule has 90 valence electrons. The largest absolute Gasteiger partial charge is 0.396 e. The molecule has 0 spiro atoms. The molecule has 0 bridgehead atoms. The highest BCUT2D eigenvalue weighted by molar-refractivity contribution is 5.12. The van der Waals surface area contributed by atoms with Gasteiger partial charge in [0.25, 0.3) is 0 Å². The first kappa shape index (κ1) is 13.1. The van der Waals surface area contributed by atoms with Crippen LogP contribution in [0.2, 0.25) is 0 Å². The van der Waals surface area contributed by atoms with Crippen molar-refractivity contribution in [3.8, 4) is 0 Å². The topological polar surface area (TPSA) is 45.1 Å². The van der Waals surface area contributed by atoms with Gasteiger partial charge in [0.1, 0.15) is 0 Å². The molecule has 0 aromatic carbocycles. The number of nitrogens with zero attached hydrogens (tertiary/aromatic N) is 1. The summed E-state index contributed by atoms with van der Waals surface area (Å²) in [7, 11) is 0. The number of aliphatic hydroxyl groups is 1. The van der Waals surface area contributed by atoms with Crippen molar-refractivity contribution < 1.29 is 5.11 Å². The van der Waals surface area contributed by atoms with Crippen LogP contribution >= 0.6 is 0 Å². The number of rotatable bonds is 7. The van der Waals surface area contributed by atoms with E-state index in [1.165, 1.54) is 5.56 Å². The molecule has 0 radical (unpaired) electrons. The van der Waals surface area contributed by atoms with Crippen LogP contribution in [-0.2, 0) is 0 Å². The van der Waals surface area contributed by atoms with E-state index in [0.717, 1.165) is 19.4 Å². The average molecular weight is 222 g/mol. The van der Waals surface area contributed by atoms with E-state index in [1.54, 1.807) is 6.20 Å². The number of aliphatic hydroxyl groups excluding tert-OH is 1. The molecule has 0 aliphatic rings. The van der Waals surface area contributed by atoms with Gasteiger partial charge in [-0.3, -0.25) is 4.98 Å². The Morgan fingerprint density at radius 3 is 2.88 bits per heavy atom. The van der Waals surface area contributed by atoms with E-state index in [-0.39, 0.29) is 6.61 Å². The number of pyridine rings is 1. The molecule has 2 unspecified atom stereocenters. The summed E-state index contributed by atoms with van der Waals surface area (Å²) >= 11 is 0. The van der Waals surface area contributed by atoms with Gasteiger partial charge in [0, 0.05) is 25.0 Å². The summed E-state index contributed by atoms with van der Waals surface area (Å²) in [5.41, 5.74) is 1.22. The summed E-state index contributed by atoms with van der Waals surface area (Å²) < 4.78 is 0. The first-order valence-electron chi connectivity index (χ1n) is 5.98. The van der Waals surface area contributed by atoms with Gasteiger partial charge < -0.3 is 10.4 Å². The van der Waals surface area contributed by atoms with Crippen LogP contribution in [0.5, 0.6) is 0 Å². The fraction of sp³-hybridized carbons (Fsp3) is 0.615. The molecule has 0 amide bonds. The van der Waals surface area contributed by atoms with Crippen molar-refractivity contribution in [1.29, 1.82) is 0 Å². The van der Waals surface area contributed by atoms with Crippen LogP contribution in [0.4, 0.5) is 0 Å². The molecule has 1 aromatic rings. The van der Waals surface area contributed by atoms with Gasteiger partial charge in [0.15, 0.2) is 0 Å². The minimum absolute atomic E-state index is 0.290. The predicted molar refractivity (Wildman–Crippen MR) is 66.1 cm³/mol. The molecule has 1 heterocycles. The summed E-state index contributed by atoms with van der Waals surface area (Å²) in [6.45, 7) is 5.50. The number of aromatic nitrogens is 1. The van der Waals surface area contributed by atoms with Gasteiger partial charge in [-0.15, -0.1) is 0 Å². The van der Waals surface area contributed by atoms with Crippen molar-refractivity contribution in [2.45, 2.75) is 32.7 Å². The second-order valence-corrected chi connectivity index (χ2v) is 4.39. The third kappa shape index (κ3) is 4.73. The molecule has 0 saturated carbocycles. The first-order valence-corrected chi connectivity index (χ1v) is 5.98. The van der Waals surface area contributed by atoms with Crippen molar-refractivity contribution in [1.82, 2.24) is 10.3 Å². The zero-order chi connectivity index (χ0) is 11.8. The highest BCUT2D eigenvalue weighted by Gasteiger charge is 2.04. The van der Waals surface area contributed by atoms with E-state index in [2.05, 4.69) is 30.2 Å². The average Bonchev–Trinajstić information content (AvgIpc) is 2.35. The van der Waals surface area contributed by atoms with Gasteiger partial charge in [-0.25, -0.2) is 0 Å². The summed E-state index contributed by atoms with van der Waals surface area (Å²) in [4.78, 5) is 4.10. The Hall–Kier alpha value is -0.930. The molecule has 0 aliphatic carbocycles. The molecule has 0 aliphatic heterocycles. The van der Waals surface area contributed by atoms with Crippen molar-refractivity contribution in [3.63, 3.8) is 0 Å². The summed E-state index contributed by atoms with van der Waals surface area (Å²) in [5, 5.41) is 12.3. The Kier molecular flexibility index (Phi) is 6.04. The lowest BCUT2D eigenvalue weighted by atomic mass is 10.1. The minimum atomic E-state index is 0.290. The van der Waals surface area contributed by atoms with Crippen molar-refractivity contribution >= 4 is 0 Å². The Balaban J connectivity index is 2.18. The molecular formula is C13H22N2O. The van der Waals surface area contributed by atoms with E-state index in [4.69, 9.17) is 5.11 Å². The zero-order valence-corrected chi connectivity index (χ0v) is 10.2. The predicted octanol–water partition coefficient (Wildman–Crippen LogP) is 2.14. The van der Waals surface area contributed by atoms with Crippen molar-refractivity contribution in [2.24, 2.45) is 5.92 Å². The van der Waals surface area contributed by atoms with Crippen LogP contribution in [0, 0.1) is 5.92 Å². The SMILES string of the molecule is CC(CO)CCCNC(C)c1cccnc1. The molecule has 16 heavy (non-hydrogen) atoms. The van der Waals surface area contributed by atoms with Crippen LogP contribution in [-0.4, -0.2) is 23.2 Å². The zero-order valence-electron chi connectivity index (χ0n) is 10.2. The highest BCUT2D eigenvalue weighted by Crippen LogP contribution is 2.10. The molecule has 3 heteroatoms. The Morgan fingerprint density at radius 1 is 1.44 bits per heavy atom. The normalized spacial score (nSPS) is 14.7. The first-order chi connectivity index (χ1) is 7.74. The third-order valence-corrected chi connectivity index (χ3v) is 2.82. The fourth-order valence-corrected chi connectivity index (χ4v) is 1.61. The lowest BCUT2D eigenvalue weighted by molar-refractivity contribution is 0.227. The van der Waals surface area contributed by atoms with Gasteiger partial charge >= 0.3 is 0 Å². The number of hydrogen-bond acceptors (Lipinski definition) is 3. The van der Waals surface area contributed by atoms with Gasteiger partial charge in [-0.2, -0.15) is 0 Å². The van der Waals surface area contributed by atoms with E-state index >= 15 is 0 Å². The second kappa shape index (κ2) is 7.36. The summed E-state index contributed by atoms with van der Waals surface area (Å²) in [5.74, 6) is 0.412. The molecule has 0 fully saturated rings. The fourth-order valence-electron chi connectivity index (χ4n) is 1.61. The molecule has 1 rings (SSSR count). The Morgan fingerprint density at radius 2 is 2.25 bits per heavy atom. The molecule has 3 nitrogen and oxygen atoms in total. The van der Waals surface area contributed by atoms with Crippen LogP contribution in [0.15, 0.2) is 24.5 Å². The van der Waals surface area contributed by atoms with Crippen LogP contribution in [0.25, 0.3) is 0 Å². The lowest BCUT2D eigenvalue weighted by Gasteiger charge is -2.14. The number of nitrogens with one attached hydrogen (secondary N) is 1. The van der Waals surface area contributed by atoms with Gasteiger partial charge in [0.05, 0.1) is 0 Å². The van der Waals surface area contributed by atoms with Crippen LogP contribution in [0.3, 0.4) is 0 Å². The standard InChI is InChI=1S/C13H22N2O/c1-11(10-16)5-3-8-15-12(2)13-6-4-7-14-9-13/h4,6-7,9,11-12,15-16H,3,5,8,10H2,1-2H3. The van der Waals surface area contributed by atoms with Crippen LogP contribution < -0.4 is 5.32 Å². The van der Waals surface area contributed by atoms with Gasteiger partial charge in [0.2, 0.25) is 0 Å². The number of hydrogen-bond donors (Lipinski definition) is 2. The lowest BCUT2D eigenvalue weighted by Crippen LogP contribution is -2.20. The van der Waals surface area contributed by atoms with Crippen molar-refractivity contribution in [3.05, 3.63) is 30.1 Å². The van der Waals surface area contributed by atoms with E-state index < -0.39 is 0 Å². The van der Waals surface area contributed by atoms with E-state index in [0.29, 0.717) is 12.0 Å². The molecule has 0 saturated heterocycles. The monoisotopic (exact) mass is 222 g/mol. The molecular weight excluding hydrogens is 200 g/mol. The van der Waals surface area contributed by atoms with Crippen molar-refractivity contribution in [2.75, 3.05) is 13.2 Å². The van der Waals surface area contributed by atoms with Gasteiger partial charge in [-0.05, 0) is 43.9 Å². The molecule has 2 N–H and O–H groups in total. The highest BCUT2D eigenvalue weighted by atomic mass is 16.3. The van der Waals surface area contributed by atoms with E-state index in [1.807, 2.05) is 12.3 Å². The Bertz CT molecular complexity index is 277. The van der Waals surface area contributed by atoms with Crippen LogP contribution in [0.1, 0.15) is 38.3 Å². The quantitative estimate of drug-likeness (QED) is 0.695. The summed E-state index contributed by atoms with van der Waals surface area (Å²) in [6, 6.07) is 4.39. The third-order valence-electron chi connectivity index (χ3n) is 2.82. The van der Waals surface area contributed by atoms with Gasteiger partial charge in [-0.1, -0.05) is 13.0 Å². The Labute approximate surface area is 97.9 Å². The smallest absolute Gasteiger partial charge is 0.0456 e. The maximum atomic E-state index is 8.89. The maximum absolute atomic E-state index is 8.89. The molecule has 2 atom stereocenters. The van der Waals surface area contributed by atoms with E-state index in [9.17, 15) is 0 Å².